The van der Waals surface area contributed by atoms with E-state index >= 15 is 0 Å². The summed E-state index contributed by atoms with van der Waals surface area (Å²) in [5.74, 6) is -0.480. The standard InChI is InChI=1S/C11H7Cl2NO2/c1-16-11(15)7-2-3-9-8(10(7)13)4-6(12)5-14-9/h2-5H,1H3. The van der Waals surface area contributed by atoms with Crippen LogP contribution in [0.3, 0.4) is 0 Å². The number of carbonyl (C=O) groups is 1. The van der Waals surface area contributed by atoms with Crippen LogP contribution in [0.15, 0.2) is 24.4 Å². The molecular weight excluding hydrogens is 249 g/mol. The van der Waals surface area contributed by atoms with Gasteiger partial charge in [-0.2, -0.15) is 0 Å². The third-order valence-corrected chi connectivity index (χ3v) is 2.79. The van der Waals surface area contributed by atoms with Gasteiger partial charge in [0.1, 0.15) is 0 Å². The van der Waals surface area contributed by atoms with E-state index < -0.39 is 5.97 Å². The van der Waals surface area contributed by atoms with Gasteiger partial charge in [-0.25, -0.2) is 4.79 Å². The number of nitrogens with zero attached hydrogens (tertiary/aromatic N) is 1. The molecule has 0 unspecified atom stereocenters. The molecule has 1 aromatic carbocycles. The summed E-state index contributed by atoms with van der Waals surface area (Å²) in [5.41, 5.74) is 0.989. The molecular formula is C11H7Cl2NO2. The molecule has 0 radical (unpaired) electrons. The van der Waals surface area contributed by atoms with E-state index in [0.29, 0.717) is 26.5 Å². The number of pyridine rings is 1. The van der Waals surface area contributed by atoms with E-state index in [9.17, 15) is 4.79 Å². The van der Waals surface area contributed by atoms with Crippen molar-refractivity contribution in [1.82, 2.24) is 4.98 Å². The maximum Gasteiger partial charge on any atom is 0.339 e. The number of ether oxygens (including phenoxy) is 1. The number of aromatic nitrogens is 1. The van der Waals surface area contributed by atoms with Gasteiger partial charge < -0.3 is 4.74 Å². The van der Waals surface area contributed by atoms with Crippen LogP contribution >= 0.6 is 23.2 Å². The predicted octanol–water partition coefficient (Wildman–Crippen LogP) is 3.33. The normalized spacial score (nSPS) is 10.4. The van der Waals surface area contributed by atoms with Crippen molar-refractivity contribution in [3.63, 3.8) is 0 Å². The van der Waals surface area contributed by atoms with Gasteiger partial charge in [-0.1, -0.05) is 23.2 Å². The van der Waals surface area contributed by atoms with Crippen molar-refractivity contribution in [2.75, 3.05) is 7.11 Å². The maximum atomic E-state index is 11.4. The molecule has 0 saturated carbocycles. The van der Waals surface area contributed by atoms with Gasteiger partial charge in [0.2, 0.25) is 0 Å². The Morgan fingerprint density at radius 3 is 2.81 bits per heavy atom. The SMILES string of the molecule is COC(=O)c1ccc2ncc(Cl)cc2c1Cl. The molecule has 0 aliphatic carbocycles. The Morgan fingerprint density at radius 2 is 2.12 bits per heavy atom. The van der Waals surface area contributed by atoms with Crippen LogP contribution < -0.4 is 0 Å². The van der Waals surface area contributed by atoms with Crippen molar-refractivity contribution in [3.8, 4) is 0 Å². The molecule has 0 aliphatic rings. The van der Waals surface area contributed by atoms with E-state index in [1.54, 1.807) is 18.2 Å². The van der Waals surface area contributed by atoms with Crippen LogP contribution in [-0.4, -0.2) is 18.1 Å². The van der Waals surface area contributed by atoms with Gasteiger partial charge in [0.25, 0.3) is 0 Å². The predicted molar refractivity (Wildman–Crippen MR) is 63.1 cm³/mol. The van der Waals surface area contributed by atoms with E-state index in [1.165, 1.54) is 13.3 Å². The summed E-state index contributed by atoms with van der Waals surface area (Å²) in [6.07, 6.45) is 1.53. The Kier molecular flexibility index (Phi) is 2.99. The van der Waals surface area contributed by atoms with Gasteiger partial charge in [-0.3, -0.25) is 4.98 Å². The van der Waals surface area contributed by atoms with Crippen molar-refractivity contribution >= 4 is 40.1 Å². The van der Waals surface area contributed by atoms with Crippen LogP contribution in [0.2, 0.25) is 10.0 Å². The summed E-state index contributed by atoms with van der Waals surface area (Å²) in [4.78, 5) is 15.5. The average molecular weight is 256 g/mol. The van der Waals surface area contributed by atoms with E-state index in [0.717, 1.165) is 0 Å². The molecule has 0 aliphatic heterocycles. The molecule has 1 aromatic heterocycles. The van der Waals surface area contributed by atoms with Gasteiger partial charge >= 0.3 is 5.97 Å². The number of benzene rings is 1. The highest BCUT2D eigenvalue weighted by Crippen LogP contribution is 2.28. The number of halogens is 2. The number of hydrogen-bond acceptors (Lipinski definition) is 3. The first-order valence-corrected chi connectivity index (χ1v) is 5.21. The van der Waals surface area contributed by atoms with Gasteiger partial charge in [-0.15, -0.1) is 0 Å². The lowest BCUT2D eigenvalue weighted by molar-refractivity contribution is 0.0601. The lowest BCUT2D eigenvalue weighted by Gasteiger charge is -2.05. The van der Waals surface area contributed by atoms with Crippen LogP contribution in [0, 0.1) is 0 Å². The summed E-state index contributed by atoms with van der Waals surface area (Å²) in [6, 6.07) is 4.94. The molecule has 0 atom stereocenters. The number of carbonyl (C=O) groups excluding carboxylic acids is 1. The first kappa shape index (κ1) is 11.2. The molecule has 5 heteroatoms. The number of fused-ring (bicyclic) bond motifs is 1. The summed E-state index contributed by atoms with van der Waals surface area (Å²) in [6.45, 7) is 0. The lowest BCUT2D eigenvalue weighted by Crippen LogP contribution is -2.02. The third-order valence-electron chi connectivity index (χ3n) is 2.17. The zero-order chi connectivity index (χ0) is 11.7. The highest BCUT2D eigenvalue weighted by Gasteiger charge is 2.13. The monoisotopic (exact) mass is 255 g/mol. The molecule has 0 fully saturated rings. The Morgan fingerprint density at radius 1 is 1.38 bits per heavy atom. The molecule has 0 spiro atoms. The molecule has 0 bridgehead atoms. The third kappa shape index (κ3) is 1.84. The zero-order valence-corrected chi connectivity index (χ0v) is 9.84. The molecule has 0 amide bonds. The molecule has 2 rings (SSSR count). The summed E-state index contributed by atoms with van der Waals surface area (Å²) >= 11 is 11.9. The smallest absolute Gasteiger partial charge is 0.339 e. The minimum atomic E-state index is -0.480. The quantitative estimate of drug-likeness (QED) is 0.734. The molecule has 2 aromatic rings. The number of hydrogen-bond donors (Lipinski definition) is 0. The highest BCUT2D eigenvalue weighted by molar-refractivity contribution is 6.39. The first-order valence-electron chi connectivity index (χ1n) is 4.45. The van der Waals surface area contributed by atoms with Crippen molar-refractivity contribution in [2.45, 2.75) is 0 Å². The fraction of sp³-hybridized carbons (Fsp3) is 0.0909. The van der Waals surface area contributed by atoms with Gasteiger partial charge in [0.05, 0.1) is 28.2 Å². The fourth-order valence-electron chi connectivity index (χ4n) is 1.41. The largest absolute Gasteiger partial charge is 0.465 e. The van der Waals surface area contributed by atoms with Crippen LogP contribution in [0.5, 0.6) is 0 Å². The molecule has 3 nitrogen and oxygen atoms in total. The second-order valence-electron chi connectivity index (χ2n) is 3.14. The summed E-state index contributed by atoms with van der Waals surface area (Å²) in [5, 5.41) is 1.41. The lowest BCUT2D eigenvalue weighted by atomic mass is 10.1. The maximum absolute atomic E-state index is 11.4. The number of esters is 1. The topological polar surface area (TPSA) is 39.2 Å². The van der Waals surface area contributed by atoms with Crippen LogP contribution in [0.4, 0.5) is 0 Å². The van der Waals surface area contributed by atoms with Gasteiger partial charge in [0, 0.05) is 11.6 Å². The minimum Gasteiger partial charge on any atom is -0.465 e. The Labute approximate surface area is 102 Å². The second kappa shape index (κ2) is 4.28. The van der Waals surface area contributed by atoms with Crippen LogP contribution in [0.1, 0.15) is 10.4 Å². The van der Waals surface area contributed by atoms with Crippen molar-refractivity contribution in [3.05, 3.63) is 40.0 Å². The highest BCUT2D eigenvalue weighted by atomic mass is 35.5. The minimum absolute atomic E-state index is 0.305. The Hall–Kier alpha value is -1.32. The van der Waals surface area contributed by atoms with Crippen LogP contribution in [-0.2, 0) is 4.74 Å². The van der Waals surface area contributed by atoms with E-state index in [4.69, 9.17) is 23.2 Å². The fourth-order valence-corrected chi connectivity index (χ4v) is 1.86. The van der Waals surface area contributed by atoms with E-state index in [1.807, 2.05) is 0 Å². The van der Waals surface area contributed by atoms with Crippen LogP contribution in [0.25, 0.3) is 10.9 Å². The molecule has 1 heterocycles. The molecule has 0 N–H and O–H groups in total. The molecule has 0 saturated heterocycles. The molecule has 82 valence electrons. The van der Waals surface area contributed by atoms with Gasteiger partial charge in [0.15, 0.2) is 0 Å². The number of rotatable bonds is 1. The van der Waals surface area contributed by atoms with Crippen molar-refractivity contribution in [1.29, 1.82) is 0 Å². The summed E-state index contributed by atoms with van der Waals surface area (Å²) in [7, 11) is 1.30. The van der Waals surface area contributed by atoms with E-state index in [2.05, 4.69) is 9.72 Å². The van der Waals surface area contributed by atoms with Crippen molar-refractivity contribution < 1.29 is 9.53 Å². The first-order chi connectivity index (χ1) is 7.63. The van der Waals surface area contributed by atoms with E-state index in [-0.39, 0.29) is 0 Å². The number of methoxy groups -OCH3 is 1. The second-order valence-corrected chi connectivity index (χ2v) is 3.95. The van der Waals surface area contributed by atoms with Crippen molar-refractivity contribution in [2.24, 2.45) is 0 Å². The average Bonchev–Trinajstić information content (AvgIpc) is 2.29. The Balaban J connectivity index is 2.72. The molecule has 16 heavy (non-hydrogen) atoms. The summed E-state index contributed by atoms with van der Waals surface area (Å²) < 4.78 is 4.62. The Bertz CT molecular complexity index is 569. The van der Waals surface area contributed by atoms with Gasteiger partial charge in [-0.05, 0) is 18.2 Å². The zero-order valence-electron chi connectivity index (χ0n) is 8.33.